The summed E-state index contributed by atoms with van der Waals surface area (Å²) in [6, 6.07) is 25.7. The molecule has 2 N–H and O–H groups in total. The van der Waals surface area contributed by atoms with Crippen molar-refractivity contribution in [2.75, 3.05) is 19.8 Å². The first-order valence-electron chi connectivity index (χ1n) is 12.9. The van der Waals surface area contributed by atoms with Crippen LogP contribution in [0.5, 0.6) is 0 Å². The molecule has 1 amide bonds. The molecule has 5 rings (SSSR count). The highest BCUT2D eigenvalue weighted by atomic mass is 16.6. The monoisotopic (exact) mass is 501 g/mol. The van der Waals surface area contributed by atoms with Crippen molar-refractivity contribution in [1.82, 2.24) is 4.90 Å². The third-order valence-electron chi connectivity index (χ3n) is 7.59. The van der Waals surface area contributed by atoms with E-state index in [0.717, 1.165) is 27.8 Å². The molecule has 6 heteroatoms. The van der Waals surface area contributed by atoms with E-state index in [1.54, 1.807) is 18.7 Å². The van der Waals surface area contributed by atoms with Gasteiger partial charge in [-0.15, -0.1) is 0 Å². The maximum atomic E-state index is 13.3. The lowest BCUT2D eigenvalue weighted by Gasteiger charge is -2.45. The molecule has 2 saturated heterocycles. The SMILES string of the molecule is C[C@@H](c1ccc(-c2ccc(C3(O)COC3)cc2)cc1)N1CC[C@](CC(C)(C)O)(c2ccccc2)OC1=O. The second-order valence-electron chi connectivity index (χ2n) is 11.1. The van der Waals surface area contributed by atoms with Gasteiger partial charge in [0.1, 0.15) is 11.2 Å². The van der Waals surface area contributed by atoms with Crippen molar-refractivity contribution in [2.24, 2.45) is 0 Å². The molecule has 2 heterocycles. The van der Waals surface area contributed by atoms with Crippen LogP contribution < -0.4 is 0 Å². The van der Waals surface area contributed by atoms with Gasteiger partial charge in [-0.25, -0.2) is 4.79 Å². The number of carbonyl (C=O) groups excluding carboxylic acids is 1. The van der Waals surface area contributed by atoms with E-state index in [-0.39, 0.29) is 12.1 Å². The molecule has 3 aromatic carbocycles. The van der Waals surface area contributed by atoms with Gasteiger partial charge in [0.25, 0.3) is 0 Å². The molecule has 0 aromatic heterocycles. The number of rotatable bonds is 7. The van der Waals surface area contributed by atoms with Crippen LogP contribution in [-0.4, -0.2) is 46.6 Å². The second kappa shape index (κ2) is 9.60. The van der Waals surface area contributed by atoms with Crippen molar-refractivity contribution in [3.63, 3.8) is 0 Å². The Morgan fingerprint density at radius 1 is 0.919 bits per heavy atom. The molecule has 194 valence electrons. The number of cyclic esters (lactones) is 1. The zero-order valence-corrected chi connectivity index (χ0v) is 21.7. The first-order chi connectivity index (χ1) is 17.6. The average molecular weight is 502 g/mol. The van der Waals surface area contributed by atoms with Gasteiger partial charge in [0, 0.05) is 19.4 Å². The predicted octanol–water partition coefficient (Wildman–Crippen LogP) is 5.53. The molecule has 3 aromatic rings. The highest BCUT2D eigenvalue weighted by molar-refractivity contribution is 5.70. The normalized spacial score (nSPS) is 22.2. The van der Waals surface area contributed by atoms with Crippen LogP contribution in [0.15, 0.2) is 78.9 Å². The van der Waals surface area contributed by atoms with Crippen LogP contribution in [0.25, 0.3) is 11.1 Å². The largest absolute Gasteiger partial charge is 0.438 e. The predicted molar refractivity (Wildman–Crippen MR) is 142 cm³/mol. The number of hydrogen-bond donors (Lipinski definition) is 2. The van der Waals surface area contributed by atoms with E-state index in [4.69, 9.17) is 9.47 Å². The molecule has 37 heavy (non-hydrogen) atoms. The van der Waals surface area contributed by atoms with Crippen LogP contribution in [0, 0.1) is 0 Å². The van der Waals surface area contributed by atoms with Crippen molar-refractivity contribution in [2.45, 2.75) is 56.5 Å². The maximum absolute atomic E-state index is 13.3. The van der Waals surface area contributed by atoms with E-state index < -0.39 is 16.8 Å². The Labute approximate surface area is 218 Å². The van der Waals surface area contributed by atoms with Gasteiger partial charge < -0.3 is 24.6 Å². The summed E-state index contributed by atoms with van der Waals surface area (Å²) in [7, 11) is 0. The van der Waals surface area contributed by atoms with E-state index in [0.29, 0.717) is 32.6 Å². The second-order valence-corrected chi connectivity index (χ2v) is 11.1. The fraction of sp³-hybridized carbons (Fsp3) is 0.387. The number of amides is 1. The van der Waals surface area contributed by atoms with Crippen molar-refractivity contribution < 1.29 is 24.5 Å². The smallest absolute Gasteiger partial charge is 0.411 e. The number of aliphatic hydroxyl groups is 2. The standard InChI is InChI=1S/C31H35NO5/c1-22(23-9-11-24(12-10-23)25-13-15-26(16-14-25)30(35)20-36-21-30)32-18-17-31(37-28(32)33,19-29(2,3)34)27-7-5-4-6-8-27/h4-16,22,34-35H,17-21H2,1-3H3/t22-,31-/m0/s1. The average Bonchev–Trinajstić information content (AvgIpc) is 2.87. The Balaban J connectivity index is 1.30. The van der Waals surface area contributed by atoms with Crippen LogP contribution in [0.3, 0.4) is 0 Å². The molecule has 0 bridgehead atoms. The first kappa shape index (κ1) is 25.5. The lowest BCUT2D eigenvalue weighted by atomic mass is 9.80. The lowest BCUT2D eigenvalue weighted by Crippen LogP contribution is -2.51. The highest BCUT2D eigenvalue weighted by Gasteiger charge is 2.46. The van der Waals surface area contributed by atoms with E-state index in [9.17, 15) is 15.0 Å². The molecule has 2 atom stereocenters. The lowest BCUT2D eigenvalue weighted by molar-refractivity contribution is -0.184. The number of carbonyl (C=O) groups is 1. The Hall–Kier alpha value is -3.19. The molecule has 0 saturated carbocycles. The molecule has 2 aliphatic rings. The summed E-state index contributed by atoms with van der Waals surface area (Å²) >= 11 is 0. The Kier molecular flexibility index (Phi) is 6.61. The molecular formula is C31H35NO5. The summed E-state index contributed by atoms with van der Waals surface area (Å²) in [6.07, 6.45) is 0.554. The minimum atomic E-state index is -0.985. The van der Waals surface area contributed by atoms with Crippen molar-refractivity contribution in [3.8, 4) is 11.1 Å². The van der Waals surface area contributed by atoms with E-state index in [1.807, 2.05) is 73.7 Å². The quantitative estimate of drug-likeness (QED) is 0.445. The Morgan fingerprint density at radius 3 is 2.03 bits per heavy atom. The van der Waals surface area contributed by atoms with Crippen LogP contribution in [0.4, 0.5) is 4.79 Å². The van der Waals surface area contributed by atoms with Gasteiger partial charge in [-0.2, -0.15) is 0 Å². The molecule has 2 fully saturated rings. The highest BCUT2D eigenvalue weighted by Crippen LogP contribution is 2.42. The van der Waals surface area contributed by atoms with Gasteiger partial charge in [0.05, 0.1) is 24.9 Å². The van der Waals surface area contributed by atoms with Crippen molar-refractivity contribution in [3.05, 3.63) is 95.6 Å². The fourth-order valence-electron chi connectivity index (χ4n) is 5.46. The molecule has 0 unspecified atom stereocenters. The molecular weight excluding hydrogens is 466 g/mol. The molecule has 0 radical (unpaired) electrons. The molecule has 0 aliphatic carbocycles. The molecule has 2 aliphatic heterocycles. The van der Waals surface area contributed by atoms with Crippen LogP contribution >= 0.6 is 0 Å². The Morgan fingerprint density at radius 2 is 1.51 bits per heavy atom. The summed E-state index contributed by atoms with van der Waals surface area (Å²) in [5.74, 6) is 0. The third kappa shape index (κ3) is 5.14. The summed E-state index contributed by atoms with van der Waals surface area (Å²) in [6.45, 7) is 6.71. The number of hydrogen-bond acceptors (Lipinski definition) is 5. The van der Waals surface area contributed by atoms with Gasteiger partial charge in [-0.1, -0.05) is 78.9 Å². The van der Waals surface area contributed by atoms with Crippen molar-refractivity contribution in [1.29, 1.82) is 0 Å². The first-order valence-corrected chi connectivity index (χ1v) is 12.9. The van der Waals surface area contributed by atoms with E-state index >= 15 is 0 Å². The molecule has 6 nitrogen and oxygen atoms in total. The van der Waals surface area contributed by atoms with Crippen LogP contribution in [-0.2, 0) is 20.7 Å². The van der Waals surface area contributed by atoms with Crippen LogP contribution in [0.2, 0.25) is 0 Å². The topological polar surface area (TPSA) is 79.2 Å². The third-order valence-corrected chi connectivity index (χ3v) is 7.59. The van der Waals surface area contributed by atoms with Gasteiger partial charge in [-0.05, 0) is 48.6 Å². The fourth-order valence-corrected chi connectivity index (χ4v) is 5.46. The van der Waals surface area contributed by atoms with Crippen molar-refractivity contribution >= 4 is 6.09 Å². The zero-order chi connectivity index (χ0) is 26.3. The zero-order valence-electron chi connectivity index (χ0n) is 21.7. The summed E-state index contributed by atoms with van der Waals surface area (Å²) < 4.78 is 11.3. The summed E-state index contributed by atoms with van der Waals surface area (Å²) in [4.78, 5) is 15.1. The molecule has 0 spiro atoms. The van der Waals surface area contributed by atoms with Gasteiger partial charge in [0.2, 0.25) is 0 Å². The summed E-state index contributed by atoms with van der Waals surface area (Å²) in [5.41, 5.74) is 2.21. The number of nitrogens with zero attached hydrogens (tertiary/aromatic N) is 1. The van der Waals surface area contributed by atoms with E-state index in [1.165, 1.54) is 0 Å². The minimum Gasteiger partial charge on any atom is -0.438 e. The number of ether oxygens (including phenoxy) is 2. The Bertz CT molecular complexity index is 1230. The minimum absolute atomic E-state index is 0.160. The number of benzene rings is 3. The summed E-state index contributed by atoms with van der Waals surface area (Å²) in [5, 5.41) is 21.1. The van der Waals surface area contributed by atoms with E-state index in [2.05, 4.69) is 12.1 Å². The van der Waals surface area contributed by atoms with Crippen LogP contribution in [0.1, 0.15) is 56.3 Å². The van der Waals surface area contributed by atoms with Gasteiger partial charge in [0.15, 0.2) is 0 Å². The van der Waals surface area contributed by atoms with Gasteiger partial charge in [-0.3, -0.25) is 0 Å². The van der Waals surface area contributed by atoms with Gasteiger partial charge >= 0.3 is 6.09 Å². The maximum Gasteiger partial charge on any atom is 0.411 e.